The van der Waals surface area contributed by atoms with Crippen molar-refractivity contribution < 1.29 is 4.39 Å². The van der Waals surface area contributed by atoms with Crippen LogP contribution in [0.4, 0.5) is 10.1 Å². The lowest BCUT2D eigenvalue weighted by molar-refractivity contribution is 0.628. The van der Waals surface area contributed by atoms with Gasteiger partial charge < -0.3 is 5.73 Å². The number of halogens is 1. The molecule has 3 rings (SSSR count). The molecule has 0 amide bonds. The molecule has 1 aromatic heterocycles. The van der Waals surface area contributed by atoms with Crippen LogP contribution in [0.15, 0.2) is 42.5 Å². The maximum Gasteiger partial charge on any atom is 0.187 e. The molecule has 21 heavy (non-hydrogen) atoms. The van der Waals surface area contributed by atoms with E-state index in [4.69, 9.17) is 5.73 Å². The Morgan fingerprint density at radius 2 is 2.00 bits per heavy atom. The van der Waals surface area contributed by atoms with Crippen LogP contribution in [-0.4, -0.2) is 20.2 Å². The Morgan fingerprint density at radius 1 is 1.19 bits per heavy atom. The zero-order valence-electron chi connectivity index (χ0n) is 11.5. The maximum absolute atomic E-state index is 13.5. The first-order valence-electron chi connectivity index (χ1n) is 6.62. The van der Waals surface area contributed by atoms with Crippen LogP contribution in [0.25, 0.3) is 17.1 Å². The zero-order valence-corrected chi connectivity index (χ0v) is 11.5. The van der Waals surface area contributed by atoms with Gasteiger partial charge in [0.15, 0.2) is 5.82 Å². The number of anilines is 1. The number of benzene rings is 2. The van der Waals surface area contributed by atoms with E-state index in [1.807, 2.05) is 24.3 Å². The molecule has 5 nitrogen and oxygen atoms in total. The largest absolute Gasteiger partial charge is 0.399 e. The van der Waals surface area contributed by atoms with Crippen LogP contribution in [0.2, 0.25) is 0 Å². The summed E-state index contributed by atoms with van der Waals surface area (Å²) in [6.45, 7) is 2.06. The molecule has 106 valence electrons. The molecule has 0 fully saturated rings. The minimum atomic E-state index is -0.414. The third-order valence-electron chi connectivity index (χ3n) is 3.25. The second kappa shape index (κ2) is 5.32. The van der Waals surface area contributed by atoms with E-state index < -0.39 is 5.82 Å². The molecule has 0 aliphatic rings. The first-order chi connectivity index (χ1) is 10.2. The number of nitrogens with zero attached hydrogens (tertiary/aromatic N) is 4. The fraction of sp³-hybridized carbons (Fsp3) is 0.133. The number of nitrogen functional groups attached to an aromatic ring is 1. The van der Waals surface area contributed by atoms with Crippen LogP contribution in [0.1, 0.15) is 12.5 Å². The second-order valence-electron chi connectivity index (χ2n) is 4.67. The first kappa shape index (κ1) is 13.2. The predicted molar refractivity (Wildman–Crippen MR) is 78.3 cm³/mol. The zero-order chi connectivity index (χ0) is 14.8. The van der Waals surface area contributed by atoms with Crippen molar-refractivity contribution in [2.24, 2.45) is 0 Å². The van der Waals surface area contributed by atoms with E-state index in [9.17, 15) is 4.39 Å². The molecular weight excluding hydrogens is 269 g/mol. The normalized spacial score (nSPS) is 10.8. The predicted octanol–water partition coefficient (Wildman–Crippen LogP) is 2.61. The molecule has 0 bridgehead atoms. The maximum atomic E-state index is 13.5. The Kier molecular flexibility index (Phi) is 3.35. The van der Waals surface area contributed by atoms with Crippen LogP contribution in [0.5, 0.6) is 0 Å². The molecule has 0 spiro atoms. The molecule has 0 aliphatic heterocycles. The van der Waals surface area contributed by atoms with Crippen molar-refractivity contribution in [3.63, 3.8) is 0 Å². The summed E-state index contributed by atoms with van der Waals surface area (Å²) >= 11 is 0. The van der Waals surface area contributed by atoms with E-state index in [2.05, 4.69) is 22.4 Å². The molecule has 0 unspecified atom stereocenters. The minimum absolute atomic E-state index is 0.336. The van der Waals surface area contributed by atoms with Crippen molar-refractivity contribution in [3.8, 4) is 17.1 Å². The number of para-hydroxylation sites is 1. The Labute approximate surface area is 121 Å². The van der Waals surface area contributed by atoms with Crippen molar-refractivity contribution in [2.45, 2.75) is 13.3 Å². The number of nitrogens with two attached hydrogens (primary N) is 1. The number of hydrogen-bond donors (Lipinski definition) is 1. The average Bonchev–Trinajstić information content (AvgIpc) is 2.95. The van der Waals surface area contributed by atoms with Gasteiger partial charge in [-0.05, 0) is 46.7 Å². The van der Waals surface area contributed by atoms with E-state index in [-0.39, 0.29) is 0 Å². The highest BCUT2D eigenvalue weighted by molar-refractivity contribution is 5.63. The van der Waals surface area contributed by atoms with Gasteiger partial charge in [0, 0.05) is 11.3 Å². The fourth-order valence-electron chi connectivity index (χ4n) is 2.29. The topological polar surface area (TPSA) is 69.6 Å². The van der Waals surface area contributed by atoms with Crippen molar-refractivity contribution in [3.05, 3.63) is 53.8 Å². The fourth-order valence-corrected chi connectivity index (χ4v) is 2.29. The Bertz CT molecular complexity index is 761. The molecule has 0 saturated carbocycles. The lowest BCUT2D eigenvalue weighted by Crippen LogP contribution is -2.03. The van der Waals surface area contributed by atoms with Crippen LogP contribution >= 0.6 is 0 Å². The monoisotopic (exact) mass is 283 g/mol. The minimum Gasteiger partial charge on any atom is -0.399 e. The smallest absolute Gasteiger partial charge is 0.187 e. The molecular formula is C15H14FN5. The van der Waals surface area contributed by atoms with Crippen molar-refractivity contribution in [1.29, 1.82) is 0 Å². The van der Waals surface area contributed by atoms with Crippen molar-refractivity contribution in [2.75, 3.05) is 5.73 Å². The Hall–Kier alpha value is -2.76. The number of aryl methyl sites for hydroxylation is 1. The standard InChI is InChI=1S/C15H14FN5/c1-2-10-5-3-4-6-14(10)21-15(18-19-20-21)11-7-12(16)9-13(17)8-11/h3-9H,2,17H2,1H3. The summed E-state index contributed by atoms with van der Waals surface area (Å²) < 4.78 is 15.1. The molecule has 3 aromatic rings. The molecule has 0 radical (unpaired) electrons. The van der Waals surface area contributed by atoms with Crippen molar-refractivity contribution >= 4 is 5.69 Å². The third kappa shape index (κ3) is 2.47. The van der Waals surface area contributed by atoms with Gasteiger partial charge in [0.2, 0.25) is 0 Å². The van der Waals surface area contributed by atoms with Gasteiger partial charge >= 0.3 is 0 Å². The quantitative estimate of drug-likeness (QED) is 0.750. The van der Waals surface area contributed by atoms with E-state index in [1.54, 1.807) is 10.7 Å². The summed E-state index contributed by atoms with van der Waals surface area (Å²) in [5, 5.41) is 11.7. The number of hydrogen-bond acceptors (Lipinski definition) is 4. The Morgan fingerprint density at radius 3 is 2.76 bits per heavy atom. The molecule has 2 aromatic carbocycles. The van der Waals surface area contributed by atoms with Crippen LogP contribution in [-0.2, 0) is 6.42 Å². The molecule has 6 heteroatoms. The lowest BCUT2D eigenvalue weighted by atomic mass is 10.1. The summed E-state index contributed by atoms with van der Waals surface area (Å²) in [4.78, 5) is 0. The van der Waals surface area contributed by atoms with Crippen LogP contribution in [0, 0.1) is 5.82 Å². The van der Waals surface area contributed by atoms with E-state index in [0.717, 1.165) is 17.7 Å². The summed E-state index contributed by atoms with van der Waals surface area (Å²) in [6, 6.07) is 12.1. The van der Waals surface area contributed by atoms with Gasteiger partial charge in [-0.2, -0.15) is 4.68 Å². The summed E-state index contributed by atoms with van der Waals surface area (Å²) in [7, 11) is 0. The van der Waals surface area contributed by atoms with Gasteiger partial charge in [-0.15, -0.1) is 5.10 Å². The SMILES string of the molecule is CCc1ccccc1-n1nnnc1-c1cc(N)cc(F)c1. The summed E-state index contributed by atoms with van der Waals surface area (Å²) in [5.41, 5.74) is 8.56. The highest BCUT2D eigenvalue weighted by Gasteiger charge is 2.14. The molecule has 0 saturated heterocycles. The number of aromatic nitrogens is 4. The van der Waals surface area contributed by atoms with E-state index in [1.165, 1.54) is 12.1 Å². The molecule has 1 heterocycles. The first-order valence-corrected chi connectivity index (χ1v) is 6.62. The summed E-state index contributed by atoms with van der Waals surface area (Å²) in [5.74, 6) is 0.0467. The Balaban J connectivity index is 2.17. The van der Waals surface area contributed by atoms with Crippen LogP contribution in [0.3, 0.4) is 0 Å². The molecule has 0 aliphatic carbocycles. The van der Waals surface area contributed by atoms with Gasteiger partial charge in [-0.3, -0.25) is 0 Å². The van der Waals surface area contributed by atoms with Gasteiger partial charge in [0.25, 0.3) is 0 Å². The molecule has 0 atom stereocenters. The van der Waals surface area contributed by atoms with Gasteiger partial charge in [-0.25, -0.2) is 4.39 Å². The van der Waals surface area contributed by atoms with Crippen LogP contribution < -0.4 is 5.73 Å². The average molecular weight is 283 g/mol. The molecule has 2 N–H and O–H groups in total. The van der Waals surface area contributed by atoms with Crippen molar-refractivity contribution in [1.82, 2.24) is 20.2 Å². The highest BCUT2D eigenvalue weighted by atomic mass is 19.1. The van der Waals surface area contributed by atoms with Gasteiger partial charge in [-0.1, -0.05) is 25.1 Å². The number of rotatable bonds is 3. The lowest BCUT2D eigenvalue weighted by Gasteiger charge is -2.09. The van der Waals surface area contributed by atoms with Gasteiger partial charge in [0.1, 0.15) is 5.82 Å². The van der Waals surface area contributed by atoms with Gasteiger partial charge in [0.05, 0.1) is 5.69 Å². The third-order valence-corrected chi connectivity index (χ3v) is 3.25. The second-order valence-corrected chi connectivity index (χ2v) is 4.67. The van der Waals surface area contributed by atoms with E-state index in [0.29, 0.717) is 17.1 Å². The number of tetrazole rings is 1. The van der Waals surface area contributed by atoms with E-state index >= 15 is 0 Å². The highest BCUT2D eigenvalue weighted by Crippen LogP contribution is 2.24. The summed E-state index contributed by atoms with van der Waals surface area (Å²) in [6.07, 6.45) is 0.848.